The minimum absolute atomic E-state index is 0.215. The highest BCUT2D eigenvalue weighted by atomic mass is 35.5. The van der Waals surface area contributed by atoms with E-state index < -0.39 is 0 Å². The fourth-order valence-corrected chi connectivity index (χ4v) is 3.69. The lowest BCUT2D eigenvalue weighted by atomic mass is 10.2. The second-order valence-corrected chi connectivity index (χ2v) is 7.93. The van der Waals surface area contributed by atoms with Crippen molar-refractivity contribution in [3.8, 4) is 0 Å². The minimum atomic E-state index is -0.215. The molecule has 0 aliphatic rings. The number of amides is 1. The van der Waals surface area contributed by atoms with Crippen LogP contribution in [0.5, 0.6) is 0 Å². The molecule has 2 aromatic heterocycles. The van der Waals surface area contributed by atoms with E-state index in [2.05, 4.69) is 32.6 Å². The number of benzene rings is 1. The van der Waals surface area contributed by atoms with E-state index in [0.29, 0.717) is 42.0 Å². The maximum Gasteiger partial charge on any atom is 0.252 e. The number of rotatable bonds is 11. The van der Waals surface area contributed by atoms with Crippen molar-refractivity contribution in [1.29, 1.82) is 0 Å². The zero-order valence-electron chi connectivity index (χ0n) is 17.0. The van der Waals surface area contributed by atoms with Gasteiger partial charge in [-0.25, -0.2) is 14.6 Å². The number of fused-ring (bicyclic) bond motifs is 1. The predicted molar refractivity (Wildman–Crippen MR) is 120 cm³/mol. The molecule has 160 valence electrons. The number of nitrogens with zero attached hydrogens (tertiary/aromatic N) is 4. The van der Waals surface area contributed by atoms with E-state index in [1.165, 1.54) is 0 Å². The van der Waals surface area contributed by atoms with Gasteiger partial charge in [-0.3, -0.25) is 4.79 Å². The minimum Gasteiger partial charge on any atom is -0.383 e. The van der Waals surface area contributed by atoms with Gasteiger partial charge in [0.25, 0.3) is 5.91 Å². The Labute approximate surface area is 184 Å². The molecule has 0 atom stereocenters. The number of carbonyl (C=O) groups is 1. The number of carbonyl (C=O) groups excluding carboxylic acids is 1. The maximum atomic E-state index is 12.4. The van der Waals surface area contributed by atoms with E-state index in [0.717, 1.165) is 29.0 Å². The third kappa shape index (κ3) is 5.62. The van der Waals surface area contributed by atoms with E-state index in [1.54, 1.807) is 54.0 Å². The first kappa shape index (κ1) is 22.3. The molecule has 0 saturated heterocycles. The molecule has 2 N–H and O–H groups in total. The third-order valence-electron chi connectivity index (χ3n) is 4.24. The first-order valence-electron chi connectivity index (χ1n) is 9.76. The van der Waals surface area contributed by atoms with Crippen LogP contribution in [-0.2, 0) is 11.3 Å². The van der Waals surface area contributed by atoms with Crippen LogP contribution < -0.4 is 10.6 Å². The molecule has 0 aliphatic heterocycles. The molecular weight excluding hydrogens is 424 g/mol. The summed E-state index contributed by atoms with van der Waals surface area (Å²) in [6, 6.07) is 6.97. The van der Waals surface area contributed by atoms with Gasteiger partial charge in [0.2, 0.25) is 0 Å². The first-order valence-corrected chi connectivity index (χ1v) is 11.1. The number of aromatic nitrogens is 4. The van der Waals surface area contributed by atoms with Gasteiger partial charge in [-0.05, 0) is 18.6 Å². The molecule has 0 bridgehead atoms. The summed E-state index contributed by atoms with van der Waals surface area (Å²) in [6.45, 7) is 4.21. The summed E-state index contributed by atoms with van der Waals surface area (Å²) >= 11 is 7.70. The summed E-state index contributed by atoms with van der Waals surface area (Å²) in [6.07, 6.45) is 2.78. The number of nitrogens with one attached hydrogen (secondary N) is 2. The van der Waals surface area contributed by atoms with E-state index in [4.69, 9.17) is 16.3 Å². The van der Waals surface area contributed by atoms with Gasteiger partial charge in [-0.2, -0.15) is 5.10 Å². The van der Waals surface area contributed by atoms with Gasteiger partial charge in [-0.15, -0.1) is 0 Å². The van der Waals surface area contributed by atoms with Gasteiger partial charge >= 0.3 is 0 Å². The normalized spacial score (nSPS) is 11.0. The number of methoxy groups -OCH3 is 1. The molecule has 10 heteroatoms. The summed E-state index contributed by atoms with van der Waals surface area (Å²) in [5, 5.41) is 12.6. The van der Waals surface area contributed by atoms with Crippen molar-refractivity contribution in [1.82, 2.24) is 25.1 Å². The Hall–Kier alpha value is -2.36. The van der Waals surface area contributed by atoms with Crippen molar-refractivity contribution in [3.63, 3.8) is 0 Å². The SMILES string of the molecule is CCCSc1nc(NCCOC)c2cnn(CCNC(=O)c3ccccc3Cl)c2n1. The fourth-order valence-electron chi connectivity index (χ4n) is 2.78. The van der Waals surface area contributed by atoms with Crippen LogP contribution in [0.25, 0.3) is 11.0 Å². The standard InChI is InChI=1S/C20H25ClN6O2S/c1-3-12-30-20-25-17(22-9-11-29-2)15-13-24-27(18(15)26-20)10-8-23-19(28)14-6-4-5-7-16(14)21/h4-7,13H,3,8-12H2,1-2H3,(H,23,28)(H,22,25,26). The topological polar surface area (TPSA) is 94.0 Å². The van der Waals surface area contributed by atoms with Crippen LogP contribution in [0.1, 0.15) is 23.7 Å². The highest BCUT2D eigenvalue weighted by molar-refractivity contribution is 7.99. The Balaban J connectivity index is 1.74. The fraction of sp³-hybridized carbons (Fsp3) is 0.400. The lowest BCUT2D eigenvalue weighted by Gasteiger charge is -2.10. The molecule has 8 nitrogen and oxygen atoms in total. The van der Waals surface area contributed by atoms with Crippen LogP contribution in [0.4, 0.5) is 5.82 Å². The molecule has 0 aliphatic carbocycles. The average Bonchev–Trinajstić information content (AvgIpc) is 3.15. The van der Waals surface area contributed by atoms with Crippen molar-refractivity contribution in [2.75, 3.05) is 37.9 Å². The van der Waals surface area contributed by atoms with Crippen LogP contribution in [0, 0.1) is 0 Å². The number of halogens is 1. The van der Waals surface area contributed by atoms with Gasteiger partial charge in [0.15, 0.2) is 10.8 Å². The van der Waals surface area contributed by atoms with E-state index >= 15 is 0 Å². The molecule has 0 unspecified atom stereocenters. The van der Waals surface area contributed by atoms with Gasteiger partial charge in [0, 0.05) is 26.0 Å². The molecular formula is C20H25ClN6O2S. The monoisotopic (exact) mass is 448 g/mol. The van der Waals surface area contributed by atoms with Gasteiger partial charge in [-0.1, -0.05) is 42.4 Å². The average molecular weight is 449 g/mol. The summed E-state index contributed by atoms with van der Waals surface area (Å²) in [4.78, 5) is 21.7. The second-order valence-electron chi connectivity index (χ2n) is 6.46. The predicted octanol–water partition coefficient (Wildman–Crippen LogP) is 3.47. The highest BCUT2D eigenvalue weighted by Crippen LogP contribution is 2.24. The highest BCUT2D eigenvalue weighted by Gasteiger charge is 2.14. The largest absolute Gasteiger partial charge is 0.383 e. The smallest absolute Gasteiger partial charge is 0.252 e. The van der Waals surface area contributed by atoms with E-state index in [-0.39, 0.29) is 5.91 Å². The molecule has 0 radical (unpaired) electrons. The van der Waals surface area contributed by atoms with Crippen molar-refractivity contribution in [2.24, 2.45) is 0 Å². The summed E-state index contributed by atoms with van der Waals surface area (Å²) in [7, 11) is 1.66. The Kier molecular flexibility index (Phi) is 8.30. The van der Waals surface area contributed by atoms with Crippen LogP contribution >= 0.6 is 23.4 Å². The van der Waals surface area contributed by atoms with Crippen molar-refractivity contribution in [2.45, 2.75) is 25.0 Å². The molecule has 0 spiro atoms. The molecule has 0 saturated carbocycles. The molecule has 0 fully saturated rings. The van der Waals surface area contributed by atoms with Crippen LogP contribution in [0.15, 0.2) is 35.6 Å². The van der Waals surface area contributed by atoms with Crippen molar-refractivity contribution >= 4 is 46.1 Å². The molecule has 30 heavy (non-hydrogen) atoms. The molecule has 3 aromatic rings. The molecule has 2 heterocycles. The Morgan fingerprint density at radius 1 is 1.27 bits per heavy atom. The lowest BCUT2D eigenvalue weighted by Crippen LogP contribution is -2.27. The van der Waals surface area contributed by atoms with Crippen LogP contribution in [0.2, 0.25) is 5.02 Å². The molecule has 1 aromatic carbocycles. The maximum absolute atomic E-state index is 12.4. The van der Waals surface area contributed by atoms with Gasteiger partial charge in [0.1, 0.15) is 5.82 Å². The number of anilines is 1. The zero-order chi connectivity index (χ0) is 21.3. The van der Waals surface area contributed by atoms with Crippen molar-refractivity contribution < 1.29 is 9.53 Å². The first-order chi connectivity index (χ1) is 14.6. The Bertz CT molecular complexity index is 997. The molecule has 1 amide bonds. The van der Waals surface area contributed by atoms with Gasteiger partial charge < -0.3 is 15.4 Å². The number of ether oxygens (including phenoxy) is 1. The lowest BCUT2D eigenvalue weighted by molar-refractivity contribution is 0.0952. The summed E-state index contributed by atoms with van der Waals surface area (Å²) in [5.74, 6) is 1.46. The van der Waals surface area contributed by atoms with Crippen LogP contribution in [0.3, 0.4) is 0 Å². The second kappa shape index (κ2) is 11.1. The number of hydrogen-bond donors (Lipinski definition) is 2. The molecule has 3 rings (SSSR count). The van der Waals surface area contributed by atoms with Crippen LogP contribution in [-0.4, -0.2) is 58.2 Å². The summed E-state index contributed by atoms with van der Waals surface area (Å²) < 4.78 is 6.89. The summed E-state index contributed by atoms with van der Waals surface area (Å²) in [5.41, 5.74) is 1.19. The Morgan fingerprint density at radius 2 is 2.10 bits per heavy atom. The van der Waals surface area contributed by atoms with E-state index in [1.807, 2.05) is 0 Å². The number of hydrogen-bond acceptors (Lipinski definition) is 7. The third-order valence-corrected chi connectivity index (χ3v) is 5.62. The van der Waals surface area contributed by atoms with E-state index in [9.17, 15) is 4.79 Å². The Morgan fingerprint density at radius 3 is 2.87 bits per heavy atom. The quantitative estimate of drug-likeness (QED) is 0.263. The number of thioether (sulfide) groups is 1. The zero-order valence-corrected chi connectivity index (χ0v) is 18.6. The van der Waals surface area contributed by atoms with Crippen molar-refractivity contribution in [3.05, 3.63) is 41.0 Å². The van der Waals surface area contributed by atoms with Gasteiger partial charge in [0.05, 0.1) is 35.3 Å².